The minimum absolute atomic E-state index is 0.777. The molecule has 3 nitrogen and oxygen atoms in total. The van der Waals surface area contributed by atoms with Crippen LogP contribution in [0.5, 0.6) is 0 Å². The molecule has 0 aliphatic carbocycles. The number of hydrogen-bond acceptors (Lipinski definition) is 4. The summed E-state index contributed by atoms with van der Waals surface area (Å²) in [6, 6.07) is 14.2. The molecule has 0 aliphatic heterocycles. The van der Waals surface area contributed by atoms with Gasteiger partial charge in [0.1, 0.15) is 0 Å². The molecule has 3 N–H and O–H groups in total. The molecule has 0 fully saturated rings. The van der Waals surface area contributed by atoms with Gasteiger partial charge in [0.15, 0.2) is 5.13 Å². The zero-order valence-corrected chi connectivity index (χ0v) is 12.2. The Kier molecular flexibility index (Phi) is 3.56. The lowest BCUT2D eigenvalue weighted by molar-refractivity contribution is 0.923. The number of rotatable bonds is 4. The fraction of sp³-hybridized carbons (Fsp3) is 0.188. The molecule has 3 rings (SSSR count). The Hall–Kier alpha value is -2.07. The summed E-state index contributed by atoms with van der Waals surface area (Å²) >= 11 is 1.63. The first-order valence-corrected chi connectivity index (χ1v) is 7.59. The fourth-order valence-electron chi connectivity index (χ4n) is 2.24. The van der Waals surface area contributed by atoms with Gasteiger partial charge in [0.05, 0.1) is 10.2 Å². The van der Waals surface area contributed by atoms with E-state index in [4.69, 9.17) is 5.73 Å². The number of nitrogens with two attached hydrogens (primary N) is 1. The van der Waals surface area contributed by atoms with Crippen LogP contribution in [0.4, 0.5) is 16.5 Å². The van der Waals surface area contributed by atoms with Crippen molar-refractivity contribution in [2.75, 3.05) is 11.1 Å². The van der Waals surface area contributed by atoms with Gasteiger partial charge < -0.3 is 11.1 Å². The van der Waals surface area contributed by atoms with Crippen LogP contribution in [0.2, 0.25) is 0 Å². The highest BCUT2D eigenvalue weighted by Crippen LogP contribution is 2.30. The van der Waals surface area contributed by atoms with Crippen LogP contribution in [0.15, 0.2) is 42.5 Å². The second-order valence-corrected chi connectivity index (χ2v) is 5.81. The van der Waals surface area contributed by atoms with Crippen molar-refractivity contribution in [3.63, 3.8) is 0 Å². The average molecular weight is 283 g/mol. The smallest absolute Gasteiger partial charge is 0.188 e. The number of aryl methyl sites for hydroxylation is 1. The molecule has 0 spiro atoms. The number of hydrogen-bond donors (Lipinski definition) is 2. The molecule has 4 heteroatoms. The predicted octanol–water partition coefficient (Wildman–Crippen LogP) is 4.57. The minimum Gasteiger partial charge on any atom is -0.399 e. The van der Waals surface area contributed by atoms with Crippen LogP contribution in [0.3, 0.4) is 0 Å². The molecule has 0 saturated carbocycles. The van der Waals surface area contributed by atoms with Crippen molar-refractivity contribution in [2.24, 2.45) is 0 Å². The molecule has 0 amide bonds. The monoisotopic (exact) mass is 283 g/mol. The van der Waals surface area contributed by atoms with Crippen molar-refractivity contribution in [1.82, 2.24) is 4.98 Å². The summed E-state index contributed by atoms with van der Waals surface area (Å²) in [7, 11) is 0. The van der Waals surface area contributed by atoms with E-state index in [0.29, 0.717) is 0 Å². The van der Waals surface area contributed by atoms with Crippen LogP contribution in [-0.2, 0) is 6.42 Å². The van der Waals surface area contributed by atoms with E-state index in [1.807, 2.05) is 24.3 Å². The lowest BCUT2D eigenvalue weighted by atomic mass is 10.1. The van der Waals surface area contributed by atoms with Crippen molar-refractivity contribution in [2.45, 2.75) is 19.8 Å². The Labute approximate surface area is 122 Å². The van der Waals surface area contributed by atoms with Crippen molar-refractivity contribution in [3.8, 4) is 0 Å². The highest BCUT2D eigenvalue weighted by molar-refractivity contribution is 7.22. The summed E-state index contributed by atoms with van der Waals surface area (Å²) in [6.45, 7) is 2.19. The zero-order valence-electron chi connectivity index (χ0n) is 11.4. The molecule has 1 heterocycles. The fourth-order valence-corrected chi connectivity index (χ4v) is 3.17. The molecule has 0 saturated heterocycles. The predicted molar refractivity (Wildman–Crippen MR) is 87.8 cm³/mol. The summed E-state index contributed by atoms with van der Waals surface area (Å²) in [6.07, 6.45) is 2.20. The Morgan fingerprint density at radius 2 is 2.05 bits per heavy atom. The molecule has 102 valence electrons. The number of anilines is 3. The van der Waals surface area contributed by atoms with Gasteiger partial charge in [0, 0.05) is 11.4 Å². The Balaban J connectivity index is 1.93. The van der Waals surface area contributed by atoms with Crippen molar-refractivity contribution in [3.05, 3.63) is 48.0 Å². The lowest BCUT2D eigenvalue weighted by Crippen LogP contribution is -1.95. The lowest BCUT2D eigenvalue weighted by Gasteiger charge is -2.08. The summed E-state index contributed by atoms with van der Waals surface area (Å²) in [4.78, 5) is 4.60. The van der Waals surface area contributed by atoms with Gasteiger partial charge in [-0.05, 0) is 36.2 Å². The summed E-state index contributed by atoms with van der Waals surface area (Å²) in [5.74, 6) is 0. The second-order valence-electron chi connectivity index (χ2n) is 4.78. The van der Waals surface area contributed by atoms with E-state index in [1.54, 1.807) is 11.3 Å². The number of benzene rings is 2. The van der Waals surface area contributed by atoms with E-state index in [0.717, 1.165) is 39.6 Å². The number of aromatic nitrogens is 1. The Bertz CT molecular complexity index is 733. The SMILES string of the molecule is CCCc1ccccc1Nc1nc2ccc(N)cc2s1. The van der Waals surface area contributed by atoms with E-state index >= 15 is 0 Å². The third-order valence-corrected chi connectivity index (χ3v) is 4.12. The number of thiazole rings is 1. The van der Waals surface area contributed by atoms with Crippen LogP contribution in [-0.4, -0.2) is 4.98 Å². The standard InChI is InChI=1S/C16H17N3S/c1-2-5-11-6-3-4-7-13(11)18-16-19-14-9-8-12(17)10-15(14)20-16/h3-4,6-10H,2,5,17H2,1H3,(H,18,19). The maximum absolute atomic E-state index is 5.81. The van der Waals surface area contributed by atoms with Gasteiger partial charge in [0.2, 0.25) is 0 Å². The van der Waals surface area contributed by atoms with Gasteiger partial charge in [-0.25, -0.2) is 4.98 Å². The third-order valence-electron chi connectivity index (χ3n) is 3.19. The highest BCUT2D eigenvalue weighted by Gasteiger charge is 2.06. The van der Waals surface area contributed by atoms with Gasteiger partial charge in [0.25, 0.3) is 0 Å². The summed E-state index contributed by atoms with van der Waals surface area (Å²) in [5.41, 5.74) is 10.0. The normalized spacial score (nSPS) is 10.8. The number of nitrogens with zero attached hydrogens (tertiary/aromatic N) is 1. The van der Waals surface area contributed by atoms with Crippen LogP contribution in [0, 0.1) is 0 Å². The zero-order chi connectivity index (χ0) is 13.9. The third kappa shape index (κ3) is 2.60. The molecular weight excluding hydrogens is 266 g/mol. The van der Waals surface area contributed by atoms with E-state index in [1.165, 1.54) is 5.56 Å². The van der Waals surface area contributed by atoms with E-state index in [-0.39, 0.29) is 0 Å². The molecule has 0 radical (unpaired) electrons. The molecule has 0 atom stereocenters. The quantitative estimate of drug-likeness (QED) is 0.689. The molecule has 0 bridgehead atoms. The summed E-state index contributed by atoms with van der Waals surface area (Å²) in [5, 5.41) is 4.34. The maximum atomic E-state index is 5.81. The molecule has 2 aromatic carbocycles. The number of para-hydroxylation sites is 1. The first-order chi connectivity index (χ1) is 9.76. The first-order valence-electron chi connectivity index (χ1n) is 6.77. The second kappa shape index (κ2) is 5.51. The molecular formula is C16H17N3S. The largest absolute Gasteiger partial charge is 0.399 e. The van der Waals surface area contributed by atoms with Crippen molar-refractivity contribution >= 4 is 38.1 Å². The van der Waals surface area contributed by atoms with Gasteiger partial charge in [-0.3, -0.25) is 0 Å². The van der Waals surface area contributed by atoms with Crippen molar-refractivity contribution < 1.29 is 0 Å². The van der Waals surface area contributed by atoms with Gasteiger partial charge in [-0.2, -0.15) is 0 Å². The van der Waals surface area contributed by atoms with E-state index in [9.17, 15) is 0 Å². The van der Waals surface area contributed by atoms with Crippen molar-refractivity contribution in [1.29, 1.82) is 0 Å². The highest BCUT2D eigenvalue weighted by atomic mass is 32.1. The molecule has 1 aromatic heterocycles. The van der Waals surface area contributed by atoms with Crippen LogP contribution in [0.25, 0.3) is 10.2 Å². The molecule has 0 aliphatic rings. The van der Waals surface area contributed by atoms with Crippen LogP contribution in [0.1, 0.15) is 18.9 Å². The number of nitrogens with one attached hydrogen (secondary N) is 1. The average Bonchev–Trinajstić information content (AvgIpc) is 2.82. The minimum atomic E-state index is 0.777. The summed E-state index contributed by atoms with van der Waals surface area (Å²) < 4.78 is 1.11. The maximum Gasteiger partial charge on any atom is 0.188 e. The number of nitrogen functional groups attached to an aromatic ring is 1. The Morgan fingerprint density at radius 3 is 2.90 bits per heavy atom. The number of fused-ring (bicyclic) bond motifs is 1. The topological polar surface area (TPSA) is 50.9 Å². The van der Waals surface area contributed by atoms with E-state index < -0.39 is 0 Å². The Morgan fingerprint density at radius 1 is 1.20 bits per heavy atom. The van der Waals surface area contributed by atoms with E-state index in [2.05, 4.69) is 35.4 Å². The molecule has 3 aromatic rings. The van der Waals surface area contributed by atoms with Gasteiger partial charge >= 0.3 is 0 Å². The van der Waals surface area contributed by atoms with Crippen LogP contribution < -0.4 is 11.1 Å². The van der Waals surface area contributed by atoms with Gasteiger partial charge in [-0.15, -0.1) is 0 Å². The van der Waals surface area contributed by atoms with Crippen LogP contribution >= 0.6 is 11.3 Å². The first kappa shape index (κ1) is 12.9. The van der Waals surface area contributed by atoms with Gasteiger partial charge in [-0.1, -0.05) is 42.9 Å². The molecule has 0 unspecified atom stereocenters. The molecule has 20 heavy (non-hydrogen) atoms.